The van der Waals surface area contributed by atoms with E-state index < -0.39 is 28.4 Å². The minimum absolute atomic E-state index is 0.102. The Morgan fingerprint density at radius 2 is 1.64 bits per heavy atom. The van der Waals surface area contributed by atoms with Crippen molar-refractivity contribution in [2.24, 2.45) is 0 Å². The van der Waals surface area contributed by atoms with E-state index in [0.29, 0.717) is 22.9 Å². The average Bonchev–Trinajstić information content (AvgIpc) is 3.40. The van der Waals surface area contributed by atoms with E-state index in [1.165, 1.54) is 11.3 Å². The normalized spacial score (nSPS) is 15.5. The van der Waals surface area contributed by atoms with Crippen molar-refractivity contribution in [3.8, 4) is 11.5 Å². The van der Waals surface area contributed by atoms with Gasteiger partial charge in [-0.25, -0.2) is 0 Å². The second kappa shape index (κ2) is 12.3. The van der Waals surface area contributed by atoms with Gasteiger partial charge in [0.05, 0.1) is 5.69 Å². The summed E-state index contributed by atoms with van der Waals surface area (Å²) in [6, 6.07) is 18.2. The Kier molecular flexibility index (Phi) is 8.41. The molecule has 1 unspecified atom stereocenters. The summed E-state index contributed by atoms with van der Waals surface area (Å²) in [5.74, 6) is -0.892. The molecular weight excluding hydrogens is 518 g/mol. The summed E-state index contributed by atoms with van der Waals surface area (Å²) in [6.07, 6.45) is 5.17. The van der Waals surface area contributed by atoms with Crippen molar-refractivity contribution in [2.45, 2.75) is 38.1 Å². The first-order chi connectivity index (χ1) is 19.0. The molecule has 0 aromatic heterocycles. The number of anilines is 2. The minimum Gasteiger partial charge on any atom is -0.454 e. The summed E-state index contributed by atoms with van der Waals surface area (Å²) in [7, 11) is -1.79. The van der Waals surface area contributed by atoms with Crippen LogP contribution in [-0.4, -0.2) is 52.8 Å². The van der Waals surface area contributed by atoms with Crippen LogP contribution in [0.25, 0.3) is 10.8 Å². The Labute approximate surface area is 229 Å². The Hall–Kier alpha value is -3.92. The van der Waals surface area contributed by atoms with E-state index in [2.05, 4.69) is 10.6 Å². The van der Waals surface area contributed by atoms with Gasteiger partial charge in [0.2, 0.25) is 24.5 Å². The molecular formula is C29H31N3O6S. The van der Waals surface area contributed by atoms with Gasteiger partial charge in [-0.2, -0.15) is 0 Å². The molecule has 204 valence electrons. The van der Waals surface area contributed by atoms with E-state index in [4.69, 9.17) is 9.47 Å². The molecule has 1 saturated carbocycles. The highest BCUT2D eigenvalue weighted by atomic mass is 32.2. The fourth-order valence-corrected chi connectivity index (χ4v) is 5.90. The zero-order valence-electron chi connectivity index (χ0n) is 21.5. The van der Waals surface area contributed by atoms with Crippen molar-refractivity contribution in [1.29, 1.82) is 0 Å². The molecule has 2 aliphatic rings. The number of hydrogen-bond acceptors (Lipinski definition) is 6. The van der Waals surface area contributed by atoms with Crippen molar-refractivity contribution in [2.75, 3.05) is 35.1 Å². The van der Waals surface area contributed by atoms with Crippen LogP contribution in [0.4, 0.5) is 11.4 Å². The van der Waals surface area contributed by atoms with Crippen molar-refractivity contribution in [3.05, 3.63) is 60.7 Å². The maximum atomic E-state index is 13.5. The zero-order chi connectivity index (χ0) is 27.2. The second-order valence-electron chi connectivity index (χ2n) is 9.73. The van der Waals surface area contributed by atoms with Crippen LogP contribution >= 0.6 is 0 Å². The molecule has 1 heterocycles. The highest BCUT2D eigenvalue weighted by Crippen LogP contribution is 2.34. The van der Waals surface area contributed by atoms with Gasteiger partial charge in [0.1, 0.15) is 18.1 Å². The lowest BCUT2D eigenvalue weighted by Gasteiger charge is -2.27. The van der Waals surface area contributed by atoms with Crippen LogP contribution in [0.15, 0.2) is 60.7 Å². The molecule has 0 saturated heterocycles. The number of carbonyl (C=O) groups is 3. The lowest BCUT2D eigenvalue weighted by atomic mass is 9.95. The van der Waals surface area contributed by atoms with Gasteiger partial charge >= 0.3 is 0 Å². The first kappa shape index (κ1) is 26.7. The predicted octanol–water partition coefficient (Wildman–Crippen LogP) is 3.74. The van der Waals surface area contributed by atoms with Crippen LogP contribution in [0.2, 0.25) is 0 Å². The van der Waals surface area contributed by atoms with Crippen molar-refractivity contribution >= 4 is 50.7 Å². The van der Waals surface area contributed by atoms with Crippen molar-refractivity contribution < 1.29 is 28.1 Å². The van der Waals surface area contributed by atoms with E-state index in [-0.39, 0.29) is 31.0 Å². The molecule has 5 rings (SSSR count). The lowest BCUT2D eigenvalue weighted by molar-refractivity contribution is -0.123. The Balaban J connectivity index is 1.27. The van der Waals surface area contributed by atoms with Crippen molar-refractivity contribution in [3.63, 3.8) is 0 Å². The maximum absolute atomic E-state index is 13.5. The van der Waals surface area contributed by atoms with Crippen LogP contribution in [0.3, 0.4) is 0 Å². The van der Waals surface area contributed by atoms with Crippen LogP contribution < -0.4 is 25.0 Å². The van der Waals surface area contributed by atoms with E-state index >= 15 is 0 Å². The van der Waals surface area contributed by atoms with Gasteiger partial charge in [0.15, 0.2) is 11.5 Å². The third kappa shape index (κ3) is 6.75. The van der Waals surface area contributed by atoms with Gasteiger partial charge in [0.25, 0.3) is 0 Å². The quantitative estimate of drug-likeness (QED) is 0.420. The summed E-state index contributed by atoms with van der Waals surface area (Å²) < 4.78 is 23.5. The van der Waals surface area contributed by atoms with Gasteiger partial charge in [-0.3, -0.25) is 18.6 Å². The summed E-state index contributed by atoms with van der Waals surface area (Å²) in [6.45, 7) is -0.0747. The van der Waals surface area contributed by atoms with Crippen LogP contribution in [0.5, 0.6) is 11.5 Å². The van der Waals surface area contributed by atoms with Gasteiger partial charge in [-0.05, 0) is 36.4 Å². The zero-order valence-corrected chi connectivity index (χ0v) is 22.3. The maximum Gasteiger partial charge on any atom is 0.240 e. The van der Waals surface area contributed by atoms with Crippen LogP contribution in [-0.2, 0) is 25.2 Å². The molecule has 3 aromatic carbocycles. The van der Waals surface area contributed by atoms with E-state index in [1.807, 2.05) is 36.4 Å². The molecule has 39 heavy (non-hydrogen) atoms. The number of rotatable bonds is 9. The lowest BCUT2D eigenvalue weighted by Crippen LogP contribution is -2.46. The molecule has 3 amide bonds. The Bertz CT molecular complexity index is 1400. The highest BCUT2D eigenvalue weighted by molar-refractivity contribution is 7.86. The molecule has 1 fully saturated rings. The molecule has 10 heteroatoms. The first-order valence-corrected chi connectivity index (χ1v) is 14.6. The number of amides is 3. The molecule has 2 N–H and O–H groups in total. The summed E-state index contributed by atoms with van der Waals surface area (Å²) in [5, 5.41) is 7.47. The second-order valence-corrected chi connectivity index (χ2v) is 11.2. The van der Waals surface area contributed by atoms with Crippen LogP contribution in [0.1, 0.15) is 32.1 Å². The molecule has 1 aliphatic carbocycles. The number of hydrogen-bond donors (Lipinski definition) is 2. The molecule has 0 radical (unpaired) electrons. The third-order valence-corrected chi connectivity index (χ3v) is 8.02. The van der Waals surface area contributed by atoms with Gasteiger partial charge in [0, 0.05) is 34.0 Å². The highest BCUT2D eigenvalue weighted by Gasteiger charge is 2.25. The van der Waals surface area contributed by atoms with Gasteiger partial charge < -0.3 is 25.0 Å². The van der Waals surface area contributed by atoms with E-state index in [0.717, 1.165) is 36.5 Å². The Morgan fingerprint density at radius 1 is 0.872 bits per heavy atom. The third-order valence-electron chi connectivity index (χ3n) is 6.86. The molecule has 0 spiro atoms. The molecule has 9 nitrogen and oxygen atoms in total. The number of nitrogens with zero attached hydrogens (tertiary/aromatic N) is 1. The fourth-order valence-electron chi connectivity index (χ4n) is 5.00. The first-order valence-electron chi connectivity index (χ1n) is 13.1. The molecule has 0 bridgehead atoms. The smallest absolute Gasteiger partial charge is 0.240 e. The summed E-state index contributed by atoms with van der Waals surface area (Å²) >= 11 is 0. The predicted molar refractivity (Wildman–Crippen MR) is 150 cm³/mol. The molecule has 3 aromatic rings. The van der Waals surface area contributed by atoms with Crippen molar-refractivity contribution in [1.82, 2.24) is 5.32 Å². The van der Waals surface area contributed by atoms with Crippen LogP contribution in [0, 0.1) is 0 Å². The largest absolute Gasteiger partial charge is 0.454 e. The van der Waals surface area contributed by atoms with E-state index in [9.17, 15) is 18.6 Å². The Morgan fingerprint density at radius 3 is 2.49 bits per heavy atom. The number of carbonyl (C=O) groups excluding carboxylic acids is 3. The fraction of sp³-hybridized carbons (Fsp3) is 0.345. The van der Waals surface area contributed by atoms with Gasteiger partial charge in [-0.1, -0.05) is 55.7 Å². The van der Waals surface area contributed by atoms with Gasteiger partial charge in [-0.15, -0.1) is 0 Å². The SMILES string of the molecule is O=C(CS(=O)CC(=O)N(CC(=O)NC1CCCCC1)c1cccc2ccccc12)Nc1ccc2c(c1)OCO2. The summed E-state index contributed by atoms with van der Waals surface area (Å²) in [5.41, 5.74) is 1.04. The molecule has 1 aliphatic heterocycles. The number of nitrogens with one attached hydrogen (secondary N) is 2. The number of benzene rings is 3. The molecule has 1 atom stereocenters. The summed E-state index contributed by atoms with van der Waals surface area (Å²) in [4.78, 5) is 40.4. The monoisotopic (exact) mass is 549 g/mol. The number of fused-ring (bicyclic) bond motifs is 2. The number of ether oxygens (including phenoxy) is 2. The average molecular weight is 550 g/mol. The topological polar surface area (TPSA) is 114 Å². The minimum atomic E-state index is -1.79. The standard InChI is InChI=1S/C29H31N3O6S/c33-27(30-21-9-2-1-3-10-21)16-32(24-12-6-8-20-7-4-5-11-23(20)24)29(35)18-39(36)17-28(34)31-22-13-14-25-26(15-22)38-19-37-25/h4-8,11-15,21H,1-3,9-10,16-19H2,(H,30,33)(H,31,34). The van der Waals surface area contributed by atoms with E-state index in [1.54, 1.807) is 24.3 Å².